The maximum absolute atomic E-state index is 13.2. The van der Waals surface area contributed by atoms with E-state index in [0.717, 1.165) is 0 Å². The summed E-state index contributed by atoms with van der Waals surface area (Å²) in [6.07, 6.45) is 2.99. The first-order valence-corrected chi connectivity index (χ1v) is 9.27. The molecule has 2 amide bonds. The second-order valence-electron chi connectivity index (χ2n) is 6.48. The molecule has 0 radical (unpaired) electrons. The molecule has 9 heteroatoms. The van der Waals surface area contributed by atoms with Crippen LogP contribution in [0.5, 0.6) is 0 Å². The minimum atomic E-state index is -0.683. The van der Waals surface area contributed by atoms with E-state index in [9.17, 15) is 14.0 Å². The lowest BCUT2D eigenvalue weighted by Crippen LogP contribution is -2.23. The molecule has 150 valence electrons. The molecule has 30 heavy (non-hydrogen) atoms. The van der Waals surface area contributed by atoms with Gasteiger partial charge in [-0.25, -0.2) is 9.07 Å². The Morgan fingerprint density at radius 1 is 1.13 bits per heavy atom. The van der Waals surface area contributed by atoms with Crippen LogP contribution in [0.3, 0.4) is 0 Å². The summed E-state index contributed by atoms with van der Waals surface area (Å²) in [5, 5.41) is 8.05. The monoisotopic (exact) mass is 423 g/mol. The van der Waals surface area contributed by atoms with Crippen molar-refractivity contribution in [1.29, 1.82) is 0 Å². The van der Waals surface area contributed by atoms with Gasteiger partial charge in [-0.1, -0.05) is 17.7 Å². The van der Waals surface area contributed by atoms with Gasteiger partial charge in [-0.15, -0.1) is 0 Å². The summed E-state index contributed by atoms with van der Waals surface area (Å²) in [4.78, 5) is 27.9. The van der Waals surface area contributed by atoms with Gasteiger partial charge in [0.05, 0.1) is 23.0 Å². The molecule has 4 rings (SSSR count). The van der Waals surface area contributed by atoms with E-state index < -0.39 is 5.91 Å². The van der Waals surface area contributed by atoms with Crippen molar-refractivity contribution >= 4 is 34.3 Å². The first-order valence-electron chi connectivity index (χ1n) is 8.89. The SMILES string of the molecule is NC(=O)c1cc(Cl)c(CNC(=O)c2cccc3c2cnn3-c2ccc(F)cc2)cn1. The number of pyridine rings is 1. The molecule has 0 saturated heterocycles. The maximum atomic E-state index is 13.2. The van der Waals surface area contributed by atoms with Gasteiger partial charge in [0.15, 0.2) is 0 Å². The third-order valence-corrected chi connectivity index (χ3v) is 4.90. The number of carbonyl (C=O) groups excluding carboxylic acids is 2. The Morgan fingerprint density at radius 2 is 1.90 bits per heavy atom. The van der Waals surface area contributed by atoms with Crippen LogP contribution < -0.4 is 11.1 Å². The van der Waals surface area contributed by atoms with E-state index in [1.165, 1.54) is 24.4 Å². The number of nitrogens with zero attached hydrogens (tertiary/aromatic N) is 3. The van der Waals surface area contributed by atoms with E-state index in [1.54, 1.807) is 35.1 Å². The van der Waals surface area contributed by atoms with Crippen LogP contribution in [0, 0.1) is 5.82 Å². The molecule has 0 fully saturated rings. The van der Waals surface area contributed by atoms with Crippen molar-refractivity contribution in [3.63, 3.8) is 0 Å². The van der Waals surface area contributed by atoms with Crippen molar-refractivity contribution in [1.82, 2.24) is 20.1 Å². The fourth-order valence-corrected chi connectivity index (χ4v) is 3.25. The predicted octanol–water partition coefficient (Wildman–Crippen LogP) is 3.24. The number of nitrogens with one attached hydrogen (secondary N) is 1. The van der Waals surface area contributed by atoms with Gasteiger partial charge in [0.1, 0.15) is 11.5 Å². The van der Waals surface area contributed by atoms with Gasteiger partial charge in [0.25, 0.3) is 11.8 Å². The van der Waals surface area contributed by atoms with Crippen molar-refractivity contribution < 1.29 is 14.0 Å². The van der Waals surface area contributed by atoms with E-state index in [4.69, 9.17) is 17.3 Å². The van der Waals surface area contributed by atoms with Crippen molar-refractivity contribution in [2.45, 2.75) is 6.54 Å². The minimum Gasteiger partial charge on any atom is -0.364 e. The van der Waals surface area contributed by atoms with Crippen molar-refractivity contribution in [2.24, 2.45) is 5.73 Å². The number of hydrogen-bond donors (Lipinski definition) is 2. The second-order valence-corrected chi connectivity index (χ2v) is 6.89. The summed E-state index contributed by atoms with van der Waals surface area (Å²) in [5.41, 5.74) is 7.59. The van der Waals surface area contributed by atoms with E-state index in [0.29, 0.717) is 27.7 Å². The highest BCUT2D eigenvalue weighted by Crippen LogP contribution is 2.22. The average molecular weight is 424 g/mol. The summed E-state index contributed by atoms with van der Waals surface area (Å²) in [6, 6.07) is 12.5. The standard InChI is InChI=1S/C21H15ClFN5O2/c22-17-8-18(20(24)29)25-9-12(17)10-26-21(30)15-2-1-3-19-16(15)11-27-28(19)14-6-4-13(23)5-7-14/h1-9,11H,10H2,(H2,24,29)(H,26,30). The molecule has 7 nitrogen and oxygen atoms in total. The molecular weight excluding hydrogens is 409 g/mol. The summed E-state index contributed by atoms with van der Waals surface area (Å²) in [6.45, 7) is 0.117. The molecule has 0 unspecified atom stereocenters. The molecule has 0 aliphatic rings. The molecule has 2 aromatic carbocycles. The topological polar surface area (TPSA) is 103 Å². The Morgan fingerprint density at radius 3 is 2.60 bits per heavy atom. The van der Waals surface area contributed by atoms with Crippen molar-refractivity contribution in [3.05, 3.63) is 88.6 Å². The Kier molecular flexibility index (Phi) is 5.16. The van der Waals surface area contributed by atoms with Gasteiger partial charge in [-0.05, 0) is 42.5 Å². The lowest BCUT2D eigenvalue weighted by atomic mass is 10.1. The highest BCUT2D eigenvalue weighted by molar-refractivity contribution is 6.31. The second kappa shape index (κ2) is 7.92. The van der Waals surface area contributed by atoms with Crippen LogP contribution in [0.15, 0.2) is 60.9 Å². The van der Waals surface area contributed by atoms with Crippen LogP contribution in [-0.4, -0.2) is 26.6 Å². The molecular formula is C21H15ClFN5O2. The normalized spacial score (nSPS) is 10.9. The van der Waals surface area contributed by atoms with Gasteiger partial charge >= 0.3 is 0 Å². The number of aromatic nitrogens is 3. The number of amides is 2. The highest BCUT2D eigenvalue weighted by atomic mass is 35.5. The number of carbonyl (C=O) groups is 2. The third-order valence-electron chi connectivity index (χ3n) is 4.55. The number of hydrogen-bond acceptors (Lipinski definition) is 4. The molecule has 2 heterocycles. The Balaban J connectivity index is 1.58. The van der Waals surface area contributed by atoms with Gasteiger partial charge in [-0.2, -0.15) is 5.10 Å². The molecule has 0 bridgehead atoms. The fourth-order valence-electron chi connectivity index (χ4n) is 3.03. The van der Waals surface area contributed by atoms with Crippen molar-refractivity contribution in [3.8, 4) is 5.69 Å². The zero-order valence-electron chi connectivity index (χ0n) is 15.5. The Bertz CT molecular complexity index is 1270. The van der Waals surface area contributed by atoms with E-state index in [2.05, 4.69) is 15.4 Å². The van der Waals surface area contributed by atoms with Crippen LogP contribution in [0.1, 0.15) is 26.4 Å². The first kappa shape index (κ1) is 19.5. The number of benzene rings is 2. The molecule has 3 N–H and O–H groups in total. The fraction of sp³-hybridized carbons (Fsp3) is 0.0476. The van der Waals surface area contributed by atoms with Gasteiger partial charge < -0.3 is 11.1 Å². The van der Waals surface area contributed by atoms with Gasteiger partial charge in [-0.3, -0.25) is 14.6 Å². The molecule has 0 aliphatic heterocycles. The molecule has 0 spiro atoms. The zero-order chi connectivity index (χ0) is 21.3. The third kappa shape index (κ3) is 3.72. The van der Waals surface area contributed by atoms with E-state index in [1.807, 2.05) is 6.07 Å². The van der Waals surface area contributed by atoms with Crippen LogP contribution in [0.2, 0.25) is 5.02 Å². The molecule has 4 aromatic rings. The molecule has 2 aromatic heterocycles. The van der Waals surface area contributed by atoms with Gasteiger partial charge in [0, 0.05) is 28.7 Å². The van der Waals surface area contributed by atoms with Crippen LogP contribution >= 0.6 is 11.6 Å². The number of nitrogens with two attached hydrogens (primary N) is 1. The minimum absolute atomic E-state index is 0.0491. The Labute approximate surface area is 175 Å². The van der Waals surface area contributed by atoms with Crippen molar-refractivity contribution in [2.75, 3.05) is 0 Å². The number of rotatable bonds is 5. The molecule has 0 atom stereocenters. The lowest BCUT2D eigenvalue weighted by molar-refractivity contribution is 0.0950. The molecule has 0 aliphatic carbocycles. The first-order chi connectivity index (χ1) is 14.4. The van der Waals surface area contributed by atoms with Crippen LogP contribution in [0.25, 0.3) is 16.6 Å². The lowest BCUT2D eigenvalue weighted by Gasteiger charge is -2.09. The van der Waals surface area contributed by atoms with Crippen LogP contribution in [0.4, 0.5) is 4.39 Å². The summed E-state index contributed by atoms with van der Waals surface area (Å²) in [5.74, 6) is -1.35. The number of primary amides is 1. The smallest absolute Gasteiger partial charge is 0.267 e. The molecule has 0 saturated carbocycles. The average Bonchev–Trinajstić information content (AvgIpc) is 3.17. The maximum Gasteiger partial charge on any atom is 0.267 e. The summed E-state index contributed by atoms with van der Waals surface area (Å²) >= 11 is 6.14. The van der Waals surface area contributed by atoms with E-state index >= 15 is 0 Å². The summed E-state index contributed by atoms with van der Waals surface area (Å²) in [7, 11) is 0. The van der Waals surface area contributed by atoms with Crippen LogP contribution in [-0.2, 0) is 6.54 Å². The zero-order valence-corrected chi connectivity index (χ0v) is 16.2. The largest absolute Gasteiger partial charge is 0.364 e. The highest BCUT2D eigenvalue weighted by Gasteiger charge is 2.15. The Hall–Kier alpha value is -3.78. The van der Waals surface area contributed by atoms with Gasteiger partial charge in [0.2, 0.25) is 0 Å². The number of fused-ring (bicyclic) bond motifs is 1. The summed E-state index contributed by atoms with van der Waals surface area (Å²) < 4.78 is 14.8. The quantitative estimate of drug-likeness (QED) is 0.514. The predicted molar refractivity (Wildman–Crippen MR) is 110 cm³/mol. The van der Waals surface area contributed by atoms with E-state index in [-0.39, 0.29) is 29.0 Å². The number of halogens is 2.